The molecule has 0 aromatic heterocycles. The maximum Gasteiger partial charge on any atom is 0.241 e. The van der Waals surface area contributed by atoms with Crippen LogP contribution in [0.2, 0.25) is 10.0 Å². The number of rotatable bonds is 8. The lowest BCUT2D eigenvalue weighted by Crippen LogP contribution is -2.44. The minimum absolute atomic E-state index is 0.128. The first-order chi connectivity index (χ1) is 13.2. The van der Waals surface area contributed by atoms with Crippen molar-refractivity contribution in [2.45, 2.75) is 38.6 Å². The number of nitrogens with two attached hydrogens (primary N) is 2. The molecule has 1 saturated carbocycles. The summed E-state index contributed by atoms with van der Waals surface area (Å²) in [6.07, 6.45) is 5.20. The van der Waals surface area contributed by atoms with Gasteiger partial charge in [-0.15, -0.1) is 0 Å². The van der Waals surface area contributed by atoms with Gasteiger partial charge in [0.15, 0.2) is 0 Å². The second-order valence-corrected chi connectivity index (χ2v) is 8.31. The van der Waals surface area contributed by atoms with Crippen molar-refractivity contribution < 1.29 is 9.18 Å². The number of carbonyl (C=O) groups excluding carboxylic acids is 1. The number of amides is 1. The van der Waals surface area contributed by atoms with E-state index in [1.807, 2.05) is 6.92 Å². The highest BCUT2D eigenvalue weighted by Crippen LogP contribution is 2.49. The second kappa shape index (κ2) is 9.78. The molecule has 156 valence electrons. The van der Waals surface area contributed by atoms with E-state index in [1.54, 1.807) is 7.05 Å². The normalized spacial score (nSPS) is 17.4. The molecular formula is C19H28Cl2FN5O. The van der Waals surface area contributed by atoms with E-state index >= 15 is 0 Å². The molecule has 0 heterocycles. The summed E-state index contributed by atoms with van der Waals surface area (Å²) in [5.74, 6) is 5.01. The highest BCUT2D eigenvalue weighted by atomic mass is 35.5. The molecule has 28 heavy (non-hydrogen) atoms. The van der Waals surface area contributed by atoms with Crippen LogP contribution in [0.4, 0.5) is 4.39 Å². The van der Waals surface area contributed by atoms with E-state index < -0.39 is 11.9 Å². The number of likely N-dealkylation sites (N-methyl/N-ethyl adjacent to an activating group) is 1. The summed E-state index contributed by atoms with van der Waals surface area (Å²) in [5, 5.41) is 7.41. The Hall–Kier alpha value is -1.54. The Kier molecular flexibility index (Phi) is 7.95. The third-order valence-electron chi connectivity index (χ3n) is 5.15. The van der Waals surface area contributed by atoms with Crippen LogP contribution >= 0.6 is 23.2 Å². The van der Waals surface area contributed by atoms with E-state index in [1.165, 1.54) is 23.3 Å². The number of benzene rings is 1. The van der Waals surface area contributed by atoms with Gasteiger partial charge in [0.25, 0.3) is 0 Å². The fourth-order valence-corrected chi connectivity index (χ4v) is 4.18. The summed E-state index contributed by atoms with van der Waals surface area (Å²) in [5.41, 5.74) is 6.18. The van der Waals surface area contributed by atoms with Gasteiger partial charge < -0.3 is 21.4 Å². The molecule has 0 saturated heterocycles. The van der Waals surface area contributed by atoms with Crippen LogP contribution in [0.3, 0.4) is 0 Å². The maximum atomic E-state index is 14.7. The van der Waals surface area contributed by atoms with Crippen LogP contribution in [-0.4, -0.2) is 31.1 Å². The molecule has 9 heteroatoms. The molecule has 1 aliphatic rings. The highest BCUT2D eigenvalue weighted by Gasteiger charge is 2.41. The number of hydrazine groups is 1. The van der Waals surface area contributed by atoms with Gasteiger partial charge in [-0.1, -0.05) is 43.0 Å². The van der Waals surface area contributed by atoms with E-state index in [4.69, 9.17) is 34.8 Å². The quantitative estimate of drug-likeness (QED) is 0.288. The van der Waals surface area contributed by atoms with E-state index in [0.717, 1.165) is 25.7 Å². The summed E-state index contributed by atoms with van der Waals surface area (Å²) in [6, 6.07) is 2.08. The van der Waals surface area contributed by atoms with Gasteiger partial charge in [0.05, 0.1) is 16.1 Å². The molecule has 1 fully saturated rings. The van der Waals surface area contributed by atoms with E-state index in [9.17, 15) is 9.18 Å². The van der Waals surface area contributed by atoms with E-state index in [0.29, 0.717) is 12.2 Å². The SMILES string of the molecule is CNC/C(N)=C/N(N)CC(=O)NC(c1c(F)ccc(Cl)c1Cl)C1(C)CCCC1. The Morgan fingerprint density at radius 3 is 2.64 bits per heavy atom. The second-order valence-electron chi connectivity index (χ2n) is 7.53. The molecule has 0 radical (unpaired) electrons. The van der Waals surface area contributed by atoms with Crippen molar-refractivity contribution in [3.05, 3.63) is 45.5 Å². The zero-order valence-corrected chi connectivity index (χ0v) is 17.7. The summed E-state index contributed by atoms with van der Waals surface area (Å²) in [6.45, 7) is 2.35. The molecule has 0 aliphatic heterocycles. The molecule has 1 amide bonds. The van der Waals surface area contributed by atoms with Crippen molar-refractivity contribution >= 4 is 29.1 Å². The fourth-order valence-electron chi connectivity index (χ4n) is 3.75. The van der Waals surface area contributed by atoms with Gasteiger partial charge >= 0.3 is 0 Å². The van der Waals surface area contributed by atoms with Gasteiger partial charge in [0.1, 0.15) is 12.4 Å². The lowest BCUT2D eigenvalue weighted by atomic mass is 9.77. The third kappa shape index (κ3) is 5.50. The number of carbonyl (C=O) groups is 1. The molecule has 1 atom stereocenters. The maximum absolute atomic E-state index is 14.7. The Morgan fingerprint density at radius 2 is 2.04 bits per heavy atom. The third-order valence-corrected chi connectivity index (χ3v) is 5.97. The molecule has 1 aromatic rings. The van der Waals surface area contributed by atoms with Crippen LogP contribution in [0, 0.1) is 11.2 Å². The van der Waals surface area contributed by atoms with Gasteiger partial charge in [-0.05, 0) is 37.4 Å². The van der Waals surface area contributed by atoms with Gasteiger partial charge in [-0.2, -0.15) is 0 Å². The molecule has 6 N–H and O–H groups in total. The van der Waals surface area contributed by atoms with Gasteiger partial charge in [0.2, 0.25) is 5.91 Å². The molecule has 1 unspecified atom stereocenters. The number of halogens is 3. The fraction of sp³-hybridized carbons (Fsp3) is 0.526. The largest absolute Gasteiger partial charge is 0.400 e. The number of nitrogens with zero attached hydrogens (tertiary/aromatic N) is 1. The number of hydrogen-bond donors (Lipinski definition) is 4. The molecule has 2 rings (SSSR count). The van der Waals surface area contributed by atoms with Crippen LogP contribution in [-0.2, 0) is 4.79 Å². The zero-order valence-electron chi connectivity index (χ0n) is 16.2. The van der Waals surface area contributed by atoms with Gasteiger partial charge in [0, 0.05) is 24.0 Å². The number of hydrogen-bond acceptors (Lipinski definition) is 5. The monoisotopic (exact) mass is 431 g/mol. The average Bonchev–Trinajstić information content (AvgIpc) is 3.05. The first-order valence-electron chi connectivity index (χ1n) is 9.23. The molecular weight excluding hydrogens is 404 g/mol. The molecule has 1 aliphatic carbocycles. The van der Waals surface area contributed by atoms with Crippen LogP contribution in [0.1, 0.15) is 44.2 Å². The lowest BCUT2D eigenvalue weighted by molar-refractivity contribution is -0.123. The van der Waals surface area contributed by atoms with Crippen molar-refractivity contribution in [1.82, 2.24) is 15.6 Å². The average molecular weight is 432 g/mol. The molecule has 0 bridgehead atoms. The first-order valence-corrected chi connectivity index (χ1v) is 9.98. The smallest absolute Gasteiger partial charge is 0.241 e. The molecule has 0 spiro atoms. The summed E-state index contributed by atoms with van der Waals surface area (Å²) >= 11 is 12.5. The van der Waals surface area contributed by atoms with E-state index in [-0.39, 0.29) is 33.5 Å². The minimum atomic E-state index is -0.610. The minimum Gasteiger partial charge on any atom is -0.400 e. The Bertz CT molecular complexity index is 737. The number of nitrogens with one attached hydrogen (secondary N) is 2. The van der Waals surface area contributed by atoms with Crippen molar-refractivity contribution in [2.24, 2.45) is 17.0 Å². The van der Waals surface area contributed by atoms with Crippen molar-refractivity contribution in [3.8, 4) is 0 Å². The van der Waals surface area contributed by atoms with E-state index in [2.05, 4.69) is 10.6 Å². The summed E-state index contributed by atoms with van der Waals surface area (Å²) in [7, 11) is 1.75. The topological polar surface area (TPSA) is 96.4 Å². The van der Waals surface area contributed by atoms with Gasteiger partial charge in [-0.3, -0.25) is 4.79 Å². The Labute approximate surface area is 175 Å². The van der Waals surface area contributed by atoms with Crippen LogP contribution < -0.4 is 22.2 Å². The van der Waals surface area contributed by atoms with Gasteiger partial charge in [-0.25, -0.2) is 10.2 Å². The summed E-state index contributed by atoms with van der Waals surface area (Å²) < 4.78 is 14.7. The van der Waals surface area contributed by atoms with Crippen molar-refractivity contribution in [3.63, 3.8) is 0 Å². The molecule has 6 nitrogen and oxygen atoms in total. The zero-order chi connectivity index (χ0) is 20.9. The van der Waals surface area contributed by atoms with Crippen LogP contribution in [0.25, 0.3) is 0 Å². The predicted octanol–water partition coefficient (Wildman–Crippen LogP) is 3.07. The highest BCUT2D eigenvalue weighted by molar-refractivity contribution is 6.42. The van der Waals surface area contributed by atoms with Crippen LogP contribution in [0.15, 0.2) is 24.0 Å². The van der Waals surface area contributed by atoms with Crippen molar-refractivity contribution in [2.75, 3.05) is 20.1 Å². The summed E-state index contributed by atoms with van der Waals surface area (Å²) in [4.78, 5) is 12.7. The first kappa shape index (κ1) is 22.7. The van der Waals surface area contributed by atoms with Crippen LogP contribution in [0.5, 0.6) is 0 Å². The van der Waals surface area contributed by atoms with Crippen molar-refractivity contribution in [1.29, 1.82) is 0 Å². The lowest BCUT2D eigenvalue weighted by Gasteiger charge is -2.36. The standard InChI is InChI=1S/C19H28Cl2FN5O/c1-19(7-3-4-8-19)18(16-14(22)6-5-13(20)17(16)21)26-15(28)11-27(24)10-12(23)9-25-2/h5-6,10,18,25H,3-4,7-9,11,23-24H2,1-2H3,(H,26,28)/b12-10-. The Morgan fingerprint density at radius 1 is 1.39 bits per heavy atom. The predicted molar refractivity (Wildman–Crippen MR) is 111 cm³/mol. The Balaban J connectivity index is 2.26. The molecule has 1 aromatic carbocycles.